The number of carbonyl (C=O) groups excluding carboxylic acids is 1. The van der Waals surface area contributed by atoms with Gasteiger partial charge in [-0.3, -0.25) is 4.79 Å². The molecule has 0 bridgehead atoms. The zero-order valence-corrected chi connectivity index (χ0v) is 15.6. The molecule has 1 aromatic heterocycles. The molecule has 2 aromatic rings. The molecule has 0 unspecified atom stereocenters. The van der Waals surface area contributed by atoms with Gasteiger partial charge >= 0.3 is 0 Å². The van der Waals surface area contributed by atoms with Crippen LogP contribution in [0.3, 0.4) is 0 Å². The van der Waals surface area contributed by atoms with Crippen LogP contribution in [0.5, 0.6) is 0 Å². The summed E-state index contributed by atoms with van der Waals surface area (Å²) in [5, 5.41) is 7.63. The second-order valence-electron chi connectivity index (χ2n) is 6.53. The van der Waals surface area contributed by atoms with Crippen LogP contribution >= 0.6 is 15.9 Å². The fraction of sp³-hybridized carbons (Fsp3) is 0.444. The molecule has 3 rings (SSSR count). The first kappa shape index (κ1) is 17.2. The Balaban J connectivity index is 1.70. The number of halogens is 1. The molecule has 0 saturated heterocycles. The molecule has 0 spiro atoms. The second-order valence-corrected chi connectivity index (χ2v) is 7.32. The Morgan fingerprint density at radius 2 is 1.83 bits per heavy atom. The number of hydrogen-bond acceptors (Lipinski definition) is 3. The Hall–Kier alpha value is -1.66. The lowest BCUT2D eigenvalue weighted by Crippen LogP contribution is -2.40. The van der Waals surface area contributed by atoms with Crippen molar-refractivity contribution in [2.45, 2.75) is 51.6 Å². The molecule has 3 N–H and O–H groups in total. The van der Waals surface area contributed by atoms with Crippen LogP contribution in [-0.2, 0) is 0 Å². The zero-order valence-electron chi connectivity index (χ0n) is 14.1. The summed E-state index contributed by atoms with van der Waals surface area (Å²) in [7, 11) is 0. The quantitative estimate of drug-likeness (QED) is 0.844. The van der Waals surface area contributed by atoms with Crippen molar-refractivity contribution < 1.29 is 4.79 Å². The molecule has 1 amide bonds. The number of amides is 1. The van der Waals surface area contributed by atoms with Gasteiger partial charge in [-0.1, -0.05) is 0 Å². The molecule has 24 heavy (non-hydrogen) atoms. The number of nitrogens with two attached hydrogens (primary N) is 1. The molecule has 0 radical (unpaired) electrons. The molecule has 1 aromatic carbocycles. The predicted molar refractivity (Wildman–Crippen MR) is 98.4 cm³/mol. The zero-order chi connectivity index (χ0) is 17.3. The summed E-state index contributed by atoms with van der Waals surface area (Å²) in [6.45, 7) is 3.98. The molecule has 0 atom stereocenters. The third-order valence-corrected chi connectivity index (χ3v) is 5.83. The minimum atomic E-state index is -0.0171. The van der Waals surface area contributed by atoms with Crippen LogP contribution in [0.25, 0.3) is 5.69 Å². The van der Waals surface area contributed by atoms with Gasteiger partial charge in [0.25, 0.3) is 5.91 Å². The van der Waals surface area contributed by atoms with Gasteiger partial charge in [-0.2, -0.15) is 5.10 Å². The molecule has 5 nitrogen and oxygen atoms in total. The molecule has 128 valence electrons. The number of carbonyl (C=O) groups is 1. The second kappa shape index (κ2) is 7.07. The van der Waals surface area contributed by atoms with Crippen LogP contribution in [0.4, 0.5) is 0 Å². The maximum Gasteiger partial charge on any atom is 0.251 e. The molecule has 1 heterocycles. The molecular weight excluding hydrogens is 368 g/mol. The third kappa shape index (κ3) is 3.54. The van der Waals surface area contributed by atoms with Crippen molar-refractivity contribution >= 4 is 21.8 Å². The van der Waals surface area contributed by atoms with Crippen LogP contribution in [0.2, 0.25) is 0 Å². The lowest BCUT2D eigenvalue weighted by molar-refractivity contribution is 0.0926. The fourth-order valence-corrected chi connectivity index (χ4v) is 3.41. The van der Waals surface area contributed by atoms with Crippen molar-refractivity contribution in [1.29, 1.82) is 0 Å². The van der Waals surface area contributed by atoms with Gasteiger partial charge in [0, 0.05) is 17.6 Å². The smallest absolute Gasteiger partial charge is 0.251 e. The monoisotopic (exact) mass is 390 g/mol. The van der Waals surface area contributed by atoms with E-state index >= 15 is 0 Å². The first-order valence-electron chi connectivity index (χ1n) is 8.34. The molecule has 1 aliphatic carbocycles. The maximum absolute atomic E-state index is 12.4. The maximum atomic E-state index is 12.4. The highest BCUT2D eigenvalue weighted by Gasteiger charge is 2.20. The van der Waals surface area contributed by atoms with E-state index < -0.39 is 0 Å². The molecule has 6 heteroatoms. The van der Waals surface area contributed by atoms with E-state index in [9.17, 15) is 4.79 Å². The van der Waals surface area contributed by atoms with Gasteiger partial charge in [0.15, 0.2) is 0 Å². The summed E-state index contributed by atoms with van der Waals surface area (Å²) >= 11 is 3.54. The highest BCUT2D eigenvalue weighted by Crippen LogP contribution is 2.23. The van der Waals surface area contributed by atoms with Crippen LogP contribution in [0.15, 0.2) is 28.7 Å². The van der Waals surface area contributed by atoms with E-state index in [-0.39, 0.29) is 18.0 Å². The summed E-state index contributed by atoms with van der Waals surface area (Å²) in [6.07, 6.45) is 3.89. The van der Waals surface area contributed by atoms with Gasteiger partial charge in [-0.25, -0.2) is 4.68 Å². The Bertz CT molecular complexity index is 730. The SMILES string of the molecule is Cc1nn(-c2ccc(C(=O)NC3CCC(N)CC3)cc2)c(C)c1Br. The van der Waals surface area contributed by atoms with E-state index in [0.717, 1.165) is 47.2 Å². The van der Waals surface area contributed by atoms with Crippen LogP contribution in [-0.4, -0.2) is 27.8 Å². The Morgan fingerprint density at radius 3 is 2.38 bits per heavy atom. The largest absolute Gasteiger partial charge is 0.349 e. The predicted octanol–water partition coefficient (Wildman–Crippen LogP) is 3.25. The minimum Gasteiger partial charge on any atom is -0.349 e. The number of rotatable bonds is 3. The average molecular weight is 391 g/mol. The van der Waals surface area contributed by atoms with Gasteiger partial charge in [0.1, 0.15) is 0 Å². The van der Waals surface area contributed by atoms with Crippen LogP contribution in [0.1, 0.15) is 47.4 Å². The third-order valence-electron chi connectivity index (χ3n) is 4.68. The van der Waals surface area contributed by atoms with Gasteiger partial charge in [0.2, 0.25) is 0 Å². The number of nitrogens with one attached hydrogen (secondary N) is 1. The summed E-state index contributed by atoms with van der Waals surface area (Å²) in [6, 6.07) is 8.09. The van der Waals surface area contributed by atoms with Crippen LogP contribution in [0, 0.1) is 13.8 Å². The van der Waals surface area contributed by atoms with E-state index in [1.54, 1.807) is 0 Å². The molecule has 0 aliphatic heterocycles. The highest BCUT2D eigenvalue weighted by molar-refractivity contribution is 9.10. The summed E-state index contributed by atoms with van der Waals surface area (Å²) in [5.41, 5.74) is 9.53. The standard InChI is InChI=1S/C18H23BrN4O/c1-11-17(19)12(2)23(22-11)16-9-3-13(4-10-16)18(24)21-15-7-5-14(20)6-8-15/h3-4,9-10,14-15H,5-8,20H2,1-2H3,(H,21,24). The van der Waals surface area contributed by atoms with Crippen molar-refractivity contribution in [3.8, 4) is 5.69 Å². The number of hydrogen-bond donors (Lipinski definition) is 2. The minimum absolute atomic E-state index is 0.0171. The van der Waals surface area contributed by atoms with E-state index in [4.69, 9.17) is 5.73 Å². The molecule has 1 fully saturated rings. The van der Waals surface area contributed by atoms with Crippen LogP contribution < -0.4 is 11.1 Å². The summed E-state index contributed by atoms with van der Waals surface area (Å²) in [5.74, 6) is -0.0171. The number of aryl methyl sites for hydroxylation is 1. The van der Waals surface area contributed by atoms with Gasteiger partial charge < -0.3 is 11.1 Å². The average Bonchev–Trinajstić information content (AvgIpc) is 2.84. The molecule has 1 aliphatic rings. The normalized spacial score (nSPS) is 20.8. The summed E-state index contributed by atoms with van der Waals surface area (Å²) < 4.78 is 2.89. The van der Waals surface area contributed by atoms with Crippen molar-refractivity contribution in [1.82, 2.24) is 15.1 Å². The highest BCUT2D eigenvalue weighted by atomic mass is 79.9. The summed E-state index contributed by atoms with van der Waals surface area (Å²) in [4.78, 5) is 12.4. The van der Waals surface area contributed by atoms with Gasteiger partial charge in [-0.05, 0) is 79.7 Å². The Morgan fingerprint density at radius 1 is 1.21 bits per heavy atom. The van der Waals surface area contributed by atoms with E-state index in [0.29, 0.717) is 5.56 Å². The molecule has 1 saturated carbocycles. The topological polar surface area (TPSA) is 72.9 Å². The van der Waals surface area contributed by atoms with Gasteiger partial charge in [-0.15, -0.1) is 0 Å². The van der Waals surface area contributed by atoms with Gasteiger partial charge in [0.05, 0.1) is 21.5 Å². The molecular formula is C18H23BrN4O. The number of aromatic nitrogens is 2. The lowest BCUT2D eigenvalue weighted by Gasteiger charge is -2.26. The Labute approximate surface area is 150 Å². The fourth-order valence-electron chi connectivity index (χ4n) is 3.16. The number of benzene rings is 1. The van der Waals surface area contributed by atoms with Crippen molar-refractivity contribution in [2.24, 2.45) is 5.73 Å². The number of nitrogens with zero attached hydrogens (tertiary/aromatic N) is 2. The van der Waals surface area contributed by atoms with E-state index in [1.807, 2.05) is 42.8 Å². The first-order chi connectivity index (χ1) is 11.5. The lowest BCUT2D eigenvalue weighted by atomic mass is 9.91. The first-order valence-corrected chi connectivity index (χ1v) is 9.13. The van der Waals surface area contributed by atoms with Crippen molar-refractivity contribution in [2.75, 3.05) is 0 Å². The van der Waals surface area contributed by atoms with E-state index in [1.165, 1.54) is 0 Å². The van der Waals surface area contributed by atoms with Crippen molar-refractivity contribution in [3.63, 3.8) is 0 Å². The van der Waals surface area contributed by atoms with Crippen molar-refractivity contribution in [3.05, 3.63) is 45.7 Å². The van der Waals surface area contributed by atoms with E-state index in [2.05, 4.69) is 26.3 Å². The Kier molecular flexibility index (Phi) is 5.06.